The maximum absolute atomic E-state index is 11.6. The maximum Gasteiger partial charge on any atom is 0.307 e. The van der Waals surface area contributed by atoms with E-state index >= 15 is 0 Å². The van der Waals surface area contributed by atoms with Crippen molar-refractivity contribution in [1.82, 2.24) is 20.6 Å². The number of benzene rings is 1. The van der Waals surface area contributed by atoms with Gasteiger partial charge in [-0.3, -0.25) is 4.79 Å². The Hall–Kier alpha value is -2.24. The van der Waals surface area contributed by atoms with Crippen LogP contribution in [0.25, 0.3) is 0 Å². The molecule has 0 amide bonds. The summed E-state index contributed by atoms with van der Waals surface area (Å²) in [5, 5.41) is 23.4. The van der Waals surface area contributed by atoms with Gasteiger partial charge in [0.25, 0.3) is 0 Å². The number of nitrogens with zero attached hydrogens (tertiary/aromatic N) is 3. The Morgan fingerprint density at radius 3 is 2.50 bits per heavy atom. The van der Waals surface area contributed by atoms with Gasteiger partial charge in [0, 0.05) is 5.92 Å². The summed E-state index contributed by atoms with van der Waals surface area (Å²) >= 11 is 0. The molecule has 0 saturated heterocycles. The molecule has 0 fully saturated rings. The maximum atomic E-state index is 11.6. The Bertz CT molecular complexity index is 540. The van der Waals surface area contributed by atoms with Gasteiger partial charge in [0.2, 0.25) is 0 Å². The van der Waals surface area contributed by atoms with Gasteiger partial charge in [-0.1, -0.05) is 49.4 Å². The predicted octanol–water partition coefficient (Wildman–Crippen LogP) is 1.88. The van der Waals surface area contributed by atoms with E-state index in [1.807, 2.05) is 44.2 Å². The zero-order chi connectivity index (χ0) is 14.5. The fourth-order valence-electron chi connectivity index (χ4n) is 2.50. The molecule has 2 unspecified atom stereocenters. The molecule has 1 aromatic carbocycles. The van der Waals surface area contributed by atoms with Crippen molar-refractivity contribution in [3.8, 4) is 0 Å². The van der Waals surface area contributed by atoms with Crippen LogP contribution in [-0.4, -0.2) is 31.7 Å². The molecular formula is C14H18N4O2. The summed E-state index contributed by atoms with van der Waals surface area (Å²) in [5.74, 6) is -1.23. The fourth-order valence-corrected chi connectivity index (χ4v) is 2.50. The number of carboxylic acids is 1. The fraction of sp³-hybridized carbons (Fsp3) is 0.429. The van der Waals surface area contributed by atoms with Crippen molar-refractivity contribution in [1.29, 1.82) is 0 Å². The summed E-state index contributed by atoms with van der Waals surface area (Å²) < 4.78 is 0. The number of tetrazole rings is 1. The third kappa shape index (κ3) is 3.20. The first kappa shape index (κ1) is 14.2. The standard InChI is InChI=1S/C14H18N4O2/c1-9(2)12(14(19)20)11(13-15-17-18-16-13)8-10-6-4-3-5-7-10/h3-7,9,11-12H,8H2,1-2H3,(H,19,20)(H,15,16,17,18). The highest BCUT2D eigenvalue weighted by atomic mass is 16.4. The number of aliphatic carboxylic acids is 1. The highest BCUT2D eigenvalue weighted by Gasteiger charge is 2.34. The average molecular weight is 274 g/mol. The number of aromatic amines is 1. The number of hydrogen-bond donors (Lipinski definition) is 2. The molecule has 6 heteroatoms. The second kappa shape index (κ2) is 6.27. The van der Waals surface area contributed by atoms with Crippen molar-refractivity contribution >= 4 is 5.97 Å². The van der Waals surface area contributed by atoms with Crippen LogP contribution in [0.1, 0.15) is 31.2 Å². The van der Waals surface area contributed by atoms with Gasteiger partial charge in [0.15, 0.2) is 5.82 Å². The van der Waals surface area contributed by atoms with E-state index in [0.29, 0.717) is 12.2 Å². The van der Waals surface area contributed by atoms with Crippen LogP contribution in [0.15, 0.2) is 30.3 Å². The molecular weight excluding hydrogens is 256 g/mol. The molecule has 6 nitrogen and oxygen atoms in total. The Morgan fingerprint density at radius 1 is 1.30 bits per heavy atom. The van der Waals surface area contributed by atoms with Crippen molar-refractivity contribution in [3.05, 3.63) is 41.7 Å². The molecule has 1 heterocycles. The first-order chi connectivity index (χ1) is 9.59. The second-order valence-electron chi connectivity index (χ2n) is 5.17. The van der Waals surface area contributed by atoms with Gasteiger partial charge in [-0.05, 0) is 17.9 Å². The Labute approximate surface area is 117 Å². The highest BCUT2D eigenvalue weighted by molar-refractivity contribution is 5.71. The van der Waals surface area contributed by atoms with Crippen molar-refractivity contribution in [2.24, 2.45) is 11.8 Å². The van der Waals surface area contributed by atoms with Crippen LogP contribution in [0.5, 0.6) is 0 Å². The predicted molar refractivity (Wildman–Crippen MR) is 73.0 cm³/mol. The molecule has 0 aliphatic carbocycles. The van der Waals surface area contributed by atoms with E-state index < -0.39 is 11.9 Å². The van der Waals surface area contributed by atoms with E-state index in [9.17, 15) is 9.90 Å². The van der Waals surface area contributed by atoms with Crippen molar-refractivity contribution in [3.63, 3.8) is 0 Å². The molecule has 2 atom stereocenters. The van der Waals surface area contributed by atoms with E-state index in [1.165, 1.54) is 0 Å². The first-order valence-electron chi connectivity index (χ1n) is 6.59. The number of carboxylic acid groups (broad SMARTS) is 1. The van der Waals surface area contributed by atoms with E-state index in [-0.39, 0.29) is 11.8 Å². The van der Waals surface area contributed by atoms with E-state index in [2.05, 4.69) is 20.6 Å². The Balaban J connectivity index is 2.32. The third-order valence-corrected chi connectivity index (χ3v) is 3.43. The molecule has 0 radical (unpaired) electrons. The molecule has 2 rings (SSSR count). The number of aromatic nitrogens is 4. The van der Waals surface area contributed by atoms with Gasteiger partial charge in [-0.25, -0.2) is 0 Å². The van der Waals surface area contributed by atoms with Crippen LogP contribution in [0.3, 0.4) is 0 Å². The summed E-state index contributed by atoms with van der Waals surface area (Å²) in [4.78, 5) is 11.6. The third-order valence-electron chi connectivity index (χ3n) is 3.43. The number of carbonyl (C=O) groups is 1. The zero-order valence-corrected chi connectivity index (χ0v) is 11.5. The summed E-state index contributed by atoms with van der Waals surface area (Å²) in [7, 11) is 0. The van der Waals surface area contributed by atoms with Crippen molar-refractivity contribution < 1.29 is 9.90 Å². The SMILES string of the molecule is CC(C)C(C(=O)O)C(Cc1ccccc1)c1nn[nH]n1. The number of nitrogens with one attached hydrogen (secondary N) is 1. The monoisotopic (exact) mass is 274 g/mol. The molecule has 20 heavy (non-hydrogen) atoms. The highest BCUT2D eigenvalue weighted by Crippen LogP contribution is 2.31. The van der Waals surface area contributed by atoms with E-state index in [0.717, 1.165) is 5.56 Å². The summed E-state index contributed by atoms with van der Waals surface area (Å²) in [6, 6.07) is 9.77. The van der Waals surface area contributed by atoms with Gasteiger partial charge < -0.3 is 5.11 Å². The van der Waals surface area contributed by atoms with Crippen LogP contribution in [0, 0.1) is 11.8 Å². The van der Waals surface area contributed by atoms with Crippen molar-refractivity contribution in [2.75, 3.05) is 0 Å². The lowest BCUT2D eigenvalue weighted by molar-refractivity contribution is -0.144. The van der Waals surface area contributed by atoms with Crippen LogP contribution in [0.2, 0.25) is 0 Å². The normalized spacial score (nSPS) is 14.2. The molecule has 0 spiro atoms. The molecule has 1 aromatic heterocycles. The number of hydrogen-bond acceptors (Lipinski definition) is 4. The zero-order valence-electron chi connectivity index (χ0n) is 11.5. The summed E-state index contributed by atoms with van der Waals surface area (Å²) in [6.45, 7) is 3.80. The van der Waals surface area contributed by atoms with Crippen LogP contribution in [0.4, 0.5) is 0 Å². The van der Waals surface area contributed by atoms with Gasteiger partial charge in [0.1, 0.15) is 0 Å². The lowest BCUT2D eigenvalue weighted by Gasteiger charge is -2.24. The average Bonchev–Trinajstić information content (AvgIpc) is 2.92. The molecule has 0 saturated carbocycles. The smallest absolute Gasteiger partial charge is 0.307 e. The van der Waals surface area contributed by atoms with Gasteiger partial charge >= 0.3 is 5.97 Å². The molecule has 0 bridgehead atoms. The topological polar surface area (TPSA) is 91.8 Å². The van der Waals surface area contributed by atoms with E-state index in [4.69, 9.17) is 0 Å². The minimum atomic E-state index is -0.828. The van der Waals surface area contributed by atoms with Crippen LogP contribution >= 0.6 is 0 Å². The largest absolute Gasteiger partial charge is 0.481 e. The molecule has 0 aliphatic rings. The number of rotatable bonds is 6. The minimum absolute atomic E-state index is 0.0142. The van der Waals surface area contributed by atoms with Gasteiger partial charge in [-0.2, -0.15) is 5.21 Å². The Kier molecular flexibility index (Phi) is 4.45. The lowest BCUT2D eigenvalue weighted by atomic mass is 9.79. The van der Waals surface area contributed by atoms with Crippen LogP contribution < -0.4 is 0 Å². The minimum Gasteiger partial charge on any atom is -0.481 e. The van der Waals surface area contributed by atoms with E-state index in [1.54, 1.807) is 0 Å². The van der Waals surface area contributed by atoms with Crippen LogP contribution in [-0.2, 0) is 11.2 Å². The quantitative estimate of drug-likeness (QED) is 0.839. The Morgan fingerprint density at radius 2 is 2.00 bits per heavy atom. The van der Waals surface area contributed by atoms with Gasteiger partial charge in [0.05, 0.1) is 5.92 Å². The molecule has 106 valence electrons. The summed E-state index contributed by atoms with van der Waals surface area (Å²) in [6.07, 6.45) is 0.579. The number of H-pyrrole nitrogens is 1. The lowest BCUT2D eigenvalue weighted by Crippen LogP contribution is -2.29. The molecule has 0 aliphatic heterocycles. The van der Waals surface area contributed by atoms with Crippen molar-refractivity contribution in [2.45, 2.75) is 26.2 Å². The molecule has 2 N–H and O–H groups in total. The summed E-state index contributed by atoms with van der Waals surface area (Å²) in [5.41, 5.74) is 1.06. The van der Waals surface area contributed by atoms with Gasteiger partial charge in [-0.15, -0.1) is 10.2 Å². The second-order valence-corrected chi connectivity index (χ2v) is 5.17. The first-order valence-corrected chi connectivity index (χ1v) is 6.59. The molecule has 2 aromatic rings.